The number of hydrogen-bond acceptors (Lipinski definition) is 3. The van der Waals surface area contributed by atoms with E-state index in [9.17, 15) is 9.50 Å². The maximum absolute atomic E-state index is 12.9. The number of halogens is 2. The van der Waals surface area contributed by atoms with Crippen molar-refractivity contribution in [2.45, 2.75) is 13.0 Å². The first-order valence-electron chi connectivity index (χ1n) is 4.01. The molecule has 0 radical (unpaired) electrons. The third-order valence-corrected chi connectivity index (χ3v) is 2.01. The van der Waals surface area contributed by atoms with Gasteiger partial charge in [-0.25, -0.2) is 4.39 Å². The molecule has 0 aliphatic rings. The fraction of sp³-hybridized carbons (Fsp3) is 0.333. The topological polar surface area (TPSA) is 72.3 Å². The van der Waals surface area contributed by atoms with E-state index >= 15 is 0 Å². The molecule has 80 valence electrons. The van der Waals surface area contributed by atoms with Crippen LogP contribution in [-0.2, 0) is 0 Å². The molecule has 1 rings (SSSR count). The van der Waals surface area contributed by atoms with E-state index in [1.54, 1.807) is 13.0 Å². The van der Waals surface area contributed by atoms with Crippen LogP contribution in [0.3, 0.4) is 0 Å². The SMILES string of the molecule is Cc1ccc(F)c(O)c1[C@@H](N)CN.Cl. The van der Waals surface area contributed by atoms with E-state index in [1.165, 1.54) is 6.07 Å². The van der Waals surface area contributed by atoms with Crippen molar-refractivity contribution in [3.63, 3.8) is 0 Å². The Kier molecular flexibility index (Phi) is 4.83. The molecule has 0 saturated heterocycles. The maximum atomic E-state index is 12.9. The van der Waals surface area contributed by atoms with E-state index in [2.05, 4.69) is 0 Å². The zero-order valence-electron chi connectivity index (χ0n) is 7.83. The maximum Gasteiger partial charge on any atom is 0.165 e. The molecule has 0 fully saturated rings. The number of rotatable bonds is 2. The highest BCUT2D eigenvalue weighted by atomic mass is 35.5. The Morgan fingerprint density at radius 3 is 2.57 bits per heavy atom. The summed E-state index contributed by atoms with van der Waals surface area (Å²) in [5.41, 5.74) is 12.1. The van der Waals surface area contributed by atoms with Gasteiger partial charge in [-0.15, -0.1) is 12.4 Å². The Hall–Kier alpha value is -0.840. The number of hydrogen-bond donors (Lipinski definition) is 3. The molecule has 0 aromatic heterocycles. The second-order valence-electron chi connectivity index (χ2n) is 2.97. The summed E-state index contributed by atoms with van der Waals surface area (Å²) in [6.45, 7) is 1.93. The largest absolute Gasteiger partial charge is 0.505 e. The normalized spacial score (nSPS) is 12.0. The molecule has 5 N–H and O–H groups in total. The van der Waals surface area contributed by atoms with Crippen molar-refractivity contribution in [2.75, 3.05) is 6.54 Å². The molecule has 0 amide bonds. The summed E-state index contributed by atoms with van der Waals surface area (Å²) in [4.78, 5) is 0. The van der Waals surface area contributed by atoms with Crippen molar-refractivity contribution >= 4 is 12.4 Å². The smallest absolute Gasteiger partial charge is 0.165 e. The van der Waals surface area contributed by atoms with Crippen molar-refractivity contribution in [3.05, 3.63) is 29.1 Å². The second-order valence-corrected chi connectivity index (χ2v) is 2.97. The fourth-order valence-electron chi connectivity index (χ4n) is 1.27. The number of benzene rings is 1. The van der Waals surface area contributed by atoms with Gasteiger partial charge in [0.2, 0.25) is 0 Å². The predicted octanol–water partition coefficient (Wildman–Crippen LogP) is 1.22. The van der Waals surface area contributed by atoms with Crippen LogP contribution in [0.25, 0.3) is 0 Å². The van der Waals surface area contributed by atoms with Gasteiger partial charge in [-0.3, -0.25) is 0 Å². The second kappa shape index (κ2) is 5.14. The van der Waals surface area contributed by atoms with Crippen molar-refractivity contribution in [1.29, 1.82) is 0 Å². The molecule has 14 heavy (non-hydrogen) atoms. The van der Waals surface area contributed by atoms with Crippen LogP contribution in [0, 0.1) is 12.7 Å². The van der Waals surface area contributed by atoms with Crippen LogP contribution < -0.4 is 11.5 Å². The molecule has 1 aromatic carbocycles. The summed E-state index contributed by atoms with van der Waals surface area (Å²) in [6, 6.07) is 2.26. The van der Waals surface area contributed by atoms with Gasteiger partial charge >= 0.3 is 0 Å². The van der Waals surface area contributed by atoms with Gasteiger partial charge in [0.25, 0.3) is 0 Å². The zero-order chi connectivity index (χ0) is 10.0. The highest BCUT2D eigenvalue weighted by Crippen LogP contribution is 2.28. The molecule has 0 bridgehead atoms. The summed E-state index contributed by atoms with van der Waals surface area (Å²) >= 11 is 0. The lowest BCUT2D eigenvalue weighted by Crippen LogP contribution is -2.22. The Morgan fingerprint density at radius 1 is 1.50 bits per heavy atom. The third kappa shape index (κ3) is 2.35. The van der Waals surface area contributed by atoms with E-state index < -0.39 is 17.6 Å². The monoisotopic (exact) mass is 220 g/mol. The Balaban J connectivity index is 0.00000169. The first kappa shape index (κ1) is 13.2. The van der Waals surface area contributed by atoms with Crippen molar-refractivity contribution < 1.29 is 9.50 Å². The first-order chi connectivity index (χ1) is 6.07. The number of nitrogens with two attached hydrogens (primary N) is 2. The van der Waals surface area contributed by atoms with Gasteiger partial charge in [0.05, 0.1) is 0 Å². The molecule has 0 saturated carbocycles. The summed E-state index contributed by atoms with van der Waals surface area (Å²) in [6.07, 6.45) is 0. The quantitative estimate of drug-likeness (QED) is 0.702. The Bertz CT molecular complexity index is 320. The molecule has 0 aliphatic carbocycles. The highest BCUT2D eigenvalue weighted by Gasteiger charge is 2.15. The van der Waals surface area contributed by atoms with E-state index in [4.69, 9.17) is 11.5 Å². The van der Waals surface area contributed by atoms with Crippen molar-refractivity contribution in [2.24, 2.45) is 11.5 Å². The van der Waals surface area contributed by atoms with Gasteiger partial charge in [-0.1, -0.05) is 6.07 Å². The van der Waals surface area contributed by atoms with Gasteiger partial charge in [0.1, 0.15) is 0 Å². The number of aryl methyl sites for hydroxylation is 1. The van der Waals surface area contributed by atoms with Crippen LogP contribution in [0.2, 0.25) is 0 Å². The average molecular weight is 221 g/mol. The molecule has 3 nitrogen and oxygen atoms in total. The van der Waals surface area contributed by atoms with Crippen LogP contribution in [0.4, 0.5) is 4.39 Å². The lowest BCUT2D eigenvalue weighted by atomic mass is 10.0. The molecule has 0 spiro atoms. The van der Waals surface area contributed by atoms with E-state index in [0.717, 1.165) is 5.56 Å². The van der Waals surface area contributed by atoms with Crippen LogP contribution >= 0.6 is 12.4 Å². The minimum Gasteiger partial charge on any atom is -0.505 e. The number of phenols is 1. The van der Waals surface area contributed by atoms with Crippen LogP contribution in [0.15, 0.2) is 12.1 Å². The number of aromatic hydroxyl groups is 1. The number of phenolic OH excluding ortho intramolecular Hbond substituents is 1. The van der Waals surface area contributed by atoms with Gasteiger partial charge in [-0.05, 0) is 18.6 Å². The molecule has 1 atom stereocenters. The third-order valence-electron chi connectivity index (χ3n) is 2.01. The predicted molar refractivity (Wildman–Crippen MR) is 56.0 cm³/mol. The van der Waals surface area contributed by atoms with E-state index in [1.807, 2.05) is 0 Å². The van der Waals surface area contributed by atoms with Crippen molar-refractivity contribution in [3.8, 4) is 5.75 Å². The molecule has 0 aliphatic heterocycles. The van der Waals surface area contributed by atoms with E-state index in [-0.39, 0.29) is 19.0 Å². The first-order valence-corrected chi connectivity index (χ1v) is 4.01. The summed E-state index contributed by atoms with van der Waals surface area (Å²) in [5, 5.41) is 9.37. The average Bonchev–Trinajstić information content (AvgIpc) is 2.12. The summed E-state index contributed by atoms with van der Waals surface area (Å²) in [5.74, 6) is -1.05. The van der Waals surface area contributed by atoms with Crippen LogP contribution in [0.5, 0.6) is 5.75 Å². The standard InChI is InChI=1S/C9H13FN2O.ClH/c1-5-2-3-6(10)9(13)8(5)7(12)4-11;/h2-3,7,13H,4,11-12H2,1H3;1H/t7-;/m0./s1. The molecule has 5 heteroatoms. The minimum absolute atomic E-state index is 0. The van der Waals surface area contributed by atoms with Crippen molar-refractivity contribution in [1.82, 2.24) is 0 Å². The van der Waals surface area contributed by atoms with Gasteiger partial charge in [0.15, 0.2) is 11.6 Å². The summed E-state index contributed by atoms with van der Waals surface area (Å²) in [7, 11) is 0. The lowest BCUT2D eigenvalue weighted by Gasteiger charge is -2.14. The van der Waals surface area contributed by atoms with Gasteiger partial charge in [0, 0.05) is 18.2 Å². The fourth-order valence-corrected chi connectivity index (χ4v) is 1.27. The minimum atomic E-state index is -0.662. The van der Waals surface area contributed by atoms with E-state index in [0.29, 0.717) is 5.56 Å². The molecule has 1 aromatic rings. The highest BCUT2D eigenvalue weighted by molar-refractivity contribution is 5.85. The molecular formula is C9H14ClFN2O. The van der Waals surface area contributed by atoms with Crippen LogP contribution in [0.1, 0.15) is 17.2 Å². The Morgan fingerprint density at radius 2 is 2.07 bits per heavy atom. The zero-order valence-corrected chi connectivity index (χ0v) is 8.64. The molecular weight excluding hydrogens is 207 g/mol. The molecule has 0 heterocycles. The van der Waals surface area contributed by atoms with Gasteiger partial charge in [-0.2, -0.15) is 0 Å². The lowest BCUT2D eigenvalue weighted by molar-refractivity contribution is 0.420. The van der Waals surface area contributed by atoms with Gasteiger partial charge < -0.3 is 16.6 Å². The molecule has 0 unspecified atom stereocenters. The van der Waals surface area contributed by atoms with Crippen LogP contribution in [-0.4, -0.2) is 11.7 Å². The Labute approximate surface area is 88.3 Å². The summed E-state index contributed by atoms with van der Waals surface area (Å²) < 4.78 is 12.9.